The van der Waals surface area contributed by atoms with Crippen molar-refractivity contribution < 1.29 is 28.7 Å². The first-order valence-electron chi connectivity index (χ1n) is 11.7. The van der Waals surface area contributed by atoms with Crippen molar-refractivity contribution in [2.24, 2.45) is 5.73 Å². The minimum atomic E-state index is -1.03. The third-order valence-corrected chi connectivity index (χ3v) is 5.85. The van der Waals surface area contributed by atoms with Gasteiger partial charge >= 0.3 is 11.9 Å². The zero-order valence-electron chi connectivity index (χ0n) is 20.2. The van der Waals surface area contributed by atoms with Crippen molar-refractivity contribution in [1.82, 2.24) is 9.55 Å². The van der Waals surface area contributed by atoms with E-state index in [2.05, 4.69) is 9.55 Å². The van der Waals surface area contributed by atoms with E-state index in [4.69, 9.17) is 15.2 Å². The lowest BCUT2D eigenvalue weighted by molar-refractivity contribution is -0.140. The van der Waals surface area contributed by atoms with E-state index in [-0.39, 0.29) is 12.0 Å². The molecule has 2 aromatic carbocycles. The number of benzene rings is 2. The predicted octanol–water partition coefficient (Wildman–Crippen LogP) is 3.01. The Hall–Kier alpha value is -4.79. The maximum atomic E-state index is 12.4. The van der Waals surface area contributed by atoms with Gasteiger partial charge in [0, 0.05) is 36.4 Å². The fourth-order valence-corrected chi connectivity index (χ4v) is 4.22. The van der Waals surface area contributed by atoms with E-state index in [1.165, 1.54) is 18.5 Å². The molecule has 2 aromatic heterocycles. The van der Waals surface area contributed by atoms with Crippen molar-refractivity contribution >= 4 is 34.5 Å². The number of primary amides is 1. The van der Waals surface area contributed by atoms with Crippen LogP contribution < -0.4 is 10.5 Å². The van der Waals surface area contributed by atoms with Crippen LogP contribution in [0.25, 0.3) is 10.9 Å². The molecule has 0 saturated carbocycles. The van der Waals surface area contributed by atoms with E-state index >= 15 is 0 Å². The molecular weight excluding hydrogens is 474 g/mol. The number of pyridine rings is 1. The number of amides is 1. The lowest BCUT2D eigenvalue weighted by Gasteiger charge is -2.11. The van der Waals surface area contributed by atoms with Gasteiger partial charge in [0.1, 0.15) is 5.75 Å². The first-order valence-corrected chi connectivity index (χ1v) is 11.7. The largest absolute Gasteiger partial charge is 0.481 e. The molecule has 0 aliphatic carbocycles. The highest BCUT2D eigenvalue weighted by Gasteiger charge is 2.24. The molecule has 0 unspecified atom stereocenters. The first-order chi connectivity index (χ1) is 17.9. The zero-order valence-corrected chi connectivity index (χ0v) is 20.2. The first kappa shape index (κ1) is 25.3. The number of esters is 2. The third-order valence-electron chi connectivity index (χ3n) is 5.85. The average molecular weight is 500 g/mol. The van der Waals surface area contributed by atoms with Crippen LogP contribution in [-0.4, -0.2) is 39.8 Å². The standard InChI is InChI=1S/C28H25N3O6/c1-2-21-20(14-23(32)27(29)34)26-22(31(21)16-18-8-4-3-5-9-18)11-6-12-24(26)36-17-25(33)37-28(35)19-10-7-13-30-15-19/h3-13,15H,2,14,16-17H2,1H3,(H2,29,34). The molecule has 4 rings (SSSR count). The molecule has 0 saturated heterocycles. The molecule has 0 spiro atoms. The maximum Gasteiger partial charge on any atom is 0.352 e. The zero-order chi connectivity index (χ0) is 26.4. The molecule has 0 fully saturated rings. The van der Waals surface area contributed by atoms with Crippen molar-refractivity contribution in [3.63, 3.8) is 0 Å². The number of hydrogen-bond donors (Lipinski definition) is 1. The molecular formula is C28H25N3O6. The van der Waals surface area contributed by atoms with Crippen LogP contribution in [0.4, 0.5) is 0 Å². The molecule has 0 radical (unpaired) electrons. The number of carbonyl (C=O) groups excluding carboxylic acids is 4. The number of carbonyl (C=O) groups is 4. The van der Waals surface area contributed by atoms with Crippen LogP contribution >= 0.6 is 0 Å². The summed E-state index contributed by atoms with van der Waals surface area (Å²) in [6.45, 7) is 1.94. The van der Waals surface area contributed by atoms with E-state index in [0.717, 1.165) is 16.8 Å². The Bertz CT molecular complexity index is 1460. The molecule has 0 bridgehead atoms. The molecule has 0 atom stereocenters. The summed E-state index contributed by atoms with van der Waals surface area (Å²) in [7, 11) is 0. The van der Waals surface area contributed by atoms with E-state index in [0.29, 0.717) is 29.7 Å². The molecule has 2 N–H and O–H groups in total. The summed E-state index contributed by atoms with van der Waals surface area (Å²) in [5, 5.41) is 0.594. The Kier molecular flexibility index (Phi) is 7.73. The third kappa shape index (κ3) is 5.72. The average Bonchev–Trinajstić information content (AvgIpc) is 3.20. The summed E-state index contributed by atoms with van der Waals surface area (Å²) >= 11 is 0. The summed E-state index contributed by atoms with van der Waals surface area (Å²) in [6.07, 6.45) is 3.16. The summed E-state index contributed by atoms with van der Waals surface area (Å²) in [4.78, 5) is 52.3. The van der Waals surface area contributed by atoms with Gasteiger partial charge in [0.25, 0.3) is 5.91 Å². The van der Waals surface area contributed by atoms with Crippen molar-refractivity contribution in [3.05, 3.63) is 95.4 Å². The Balaban J connectivity index is 1.68. The Labute approximate surface area is 212 Å². The number of nitrogens with zero attached hydrogens (tertiary/aromatic N) is 2. The van der Waals surface area contributed by atoms with Crippen molar-refractivity contribution in [2.45, 2.75) is 26.3 Å². The molecule has 0 aliphatic heterocycles. The molecule has 9 heteroatoms. The van der Waals surface area contributed by atoms with Crippen molar-refractivity contribution in [1.29, 1.82) is 0 Å². The van der Waals surface area contributed by atoms with Crippen LogP contribution in [0.1, 0.15) is 34.1 Å². The number of hydrogen-bond acceptors (Lipinski definition) is 7. The second kappa shape index (κ2) is 11.3. The van der Waals surface area contributed by atoms with Gasteiger partial charge in [-0.05, 0) is 41.8 Å². The number of rotatable bonds is 10. The number of fused-ring (bicyclic) bond motifs is 1. The topological polar surface area (TPSA) is 131 Å². The molecule has 0 aliphatic rings. The van der Waals surface area contributed by atoms with Gasteiger partial charge in [-0.1, -0.05) is 43.3 Å². The molecule has 4 aromatic rings. The molecule has 188 valence electrons. The van der Waals surface area contributed by atoms with Crippen LogP contribution in [0.5, 0.6) is 5.75 Å². The quantitative estimate of drug-likeness (QED) is 0.202. The van der Waals surface area contributed by atoms with Crippen LogP contribution in [0.3, 0.4) is 0 Å². The highest BCUT2D eigenvalue weighted by atomic mass is 16.6. The second-order valence-corrected chi connectivity index (χ2v) is 8.26. The predicted molar refractivity (Wildman–Crippen MR) is 135 cm³/mol. The van der Waals surface area contributed by atoms with Gasteiger partial charge in [-0.15, -0.1) is 0 Å². The monoisotopic (exact) mass is 499 g/mol. The fourth-order valence-electron chi connectivity index (χ4n) is 4.22. The second-order valence-electron chi connectivity index (χ2n) is 8.26. The highest BCUT2D eigenvalue weighted by Crippen LogP contribution is 2.35. The van der Waals surface area contributed by atoms with Crippen LogP contribution in [-0.2, 0) is 38.5 Å². The number of ether oxygens (including phenoxy) is 2. The van der Waals surface area contributed by atoms with E-state index < -0.39 is 30.2 Å². The van der Waals surface area contributed by atoms with Crippen LogP contribution in [0.15, 0.2) is 73.1 Å². The Morgan fingerprint density at radius 1 is 0.973 bits per heavy atom. The summed E-state index contributed by atoms with van der Waals surface area (Å²) in [5.74, 6) is -3.17. The SMILES string of the molecule is CCc1c(CC(=O)C(N)=O)c2c(OCC(=O)OC(=O)c3cccnc3)cccc2n1Cc1ccccc1. The smallest absolute Gasteiger partial charge is 0.352 e. The molecule has 1 amide bonds. The van der Waals surface area contributed by atoms with Gasteiger partial charge < -0.3 is 19.8 Å². The molecule has 37 heavy (non-hydrogen) atoms. The Morgan fingerprint density at radius 3 is 2.43 bits per heavy atom. The highest BCUT2D eigenvalue weighted by molar-refractivity contribution is 6.36. The van der Waals surface area contributed by atoms with Gasteiger partial charge in [-0.2, -0.15) is 0 Å². The van der Waals surface area contributed by atoms with Crippen molar-refractivity contribution in [3.8, 4) is 5.75 Å². The minimum absolute atomic E-state index is 0.135. The van der Waals surface area contributed by atoms with Gasteiger partial charge in [-0.3, -0.25) is 14.6 Å². The fraction of sp³-hybridized carbons (Fsp3) is 0.179. The van der Waals surface area contributed by atoms with Crippen molar-refractivity contribution in [2.75, 3.05) is 6.61 Å². The maximum absolute atomic E-state index is 12.4. The number of aromatic nitrogens is 2. The Morgan fingerprint density at radius 2 is 1.76 bits per heavy atom. The number of Topliss-reactive ketones (excluding diaryl/α,β-unsaturated/α-hetero) is 1. The van der Waals surface area contributed by atoms with Gasteiger partial charge in [0.2, 0.25) is 5.78 Å². The van der Waals surface area contributed by atoms with Crippen LogP contribution in [0, 0.1) is 0 Å². The number of ketones is 1. The summed E-state index contributed by atoms with van der Waals surface area (Å²) in [6, 6.07) is 18.1. The molecule has 2 heterocycles. The van der Waals surface area contributed by atoms with E-state index in [9.17, 15) is 19.2 Å². The summed E-state index contributed by atoms with van der Waals surface area (Å²) < 4.78 is 12.7. The van der Waals surface area contributed by atoms with Gasteiger partial charge in [-0.25, -0.2) is 9.59 Å². The minimum Gasteiger partial charge on any atom is -0.481 e. The molecule has 9 nitrogen and oxygen atoms in total. The number of nitrogens with two attached hydrogens (primary N) is 1. The van der Waals surface area contributed by atoms with Crippen LogP contribution in [0.2, 0.25) is 0 Å². The normalized spacial score (nSPS) is 10.7. The lowest BCUT2D eigenvalue weighted by atomic mass is 10.0. The van der Waals surface area contributed by atoms with E-state index in [1.807, 2.05) is 43.3 Å². The summed E-state index contributed by atoms with van der Waals surface area (Å²) in [5.41, 5.74) is 8.66. The lowest BCUT2D eigenvalue weighted by Crippen LogP contribution is -2.25. The van der Waals surface area contributed by atoms with Gasteiger partial charge in [0.05, 0.1) is 11.1 Å². The van der Waals surface area contributed by atoms with Gasteiger partial charge in [0.15, 0.2) is 6.61 Å². The van der Waals surface area contributed by atoms with E-state index in [1.54, 1.807) is 18.2 Å².